The van der Waals surface area contributed by atoms with Gasteiger partial charge in [0.05, 0.1) is 11.4 Å². The van der Waals surface area contributed by atoms with Crippen molar-refractivity contribution in [2.24, 2.45) is 7.05 Å². The number of anilines is 2. The van der Waals surface area contributed by atoms with E-state index in [1.807, 2.05) is 30.3 Å². The molecule has 2 aromatic carbocycles. The average molecular weight is 472 g/mol. The van der Waals surface area contributed by atoms with Crippen molar-refractivity contribution < 1.29 is 4.79 Å². The van der Waals surface area contributed by atoms with Crippen LogP contribution in [0.1, 0.15) is 15.4 Å². The van der Waals surface area contributed by atoms with Crippen molar-refractivity contribution in [1.29, 1.82) is 0 Å². The summed E-state index contributed by atoms with van der Waals surface area (Å²) in [7, 11) is 1.76. The average Bonchev–Trinajstić information content (AvgIpc) is 3.17. The summed E-state index contributed by atoms with van der Waals surface area (Å²) in [5, 5.41) is 3.30. The fourth-order valence-electron chi connectivity index (χ4n) is 3.27. The Morgan fingerprint density at radius 1 is 1.10 bits per heavy atom. The summed E-state index contributed by atoms with van der Waals surface area (Å²) < 4.78 is 5.20. The van der Waals surface area contributed by atoms with E-state index in [1.165, 1.54) is 4.68 Å². The zero-order valence-corrected chi connectivity index (χ0v) is 19.0. The molecule has 0 saturated heterocycles. The van der Waals surface area contributed by atoms with Gasteiger partial charge in [-0.1, -0.05) is 41.1 Å². The minimum atomic E-state index is -0.493. The van der Waals surface area contributed by atoms with Gasteiger partial charge in [0.15, 0.2) is 3.95 Å². The Balaban J connectivity index is 1.72. The third-order valence-electron chi connectivity index (χ3n) is 4.93. The van der Waals surface area contributed by atoms with Gasteiger partial charge in [-0.2, -0.15) is 0 Å². The largest absolute Gasteiger partial charge is 0.383 e. The molecular weight excluding hydrogens is 454 g/mol. The number of benzene rings is 2. The minimum absolute atomic E-state index is 0.188. The number of carbonyl (C=O) groups is 1. The van der Waals surface area contributed by atoms with Crippen LogP contribution in [0.25, 0.3) is 11.4 Å². The molecule has 0 aliphatic carbocycles. The van der Waals surface area contributed by atoms with Crippen molar-refractivity contribution in [2.45, 2.75) is 6.92 Å². The Bertz CT molecular complexity index is 1400. The lowest BCUT2D eigenvalue weighted by Crippen LogP contribution is -2.23. The second-order valence-corrected chi connectivity index (χ2v) is 8.87. The zero-order valence-electron chi connectivity index (χ0n) is 16.6. The second-order valence-electron chi connectivity index (χ2n) is 6.78. The Hall–Kier alpha value is -3.14. The van der Waals surface area contributed by atoms with E-state index in [2.05, 4.69) is 5.32 Å². The van der Waals surface area contributed by atoms with E-state index in [0.29, 0.717) is 26.0 Å². The molecule has 0 fully saturated rings. The molecule has 31 heavy (non-hydrogen) atoms. The maximum absolute atomic E-state index is 13.0. The lowest BCUT2D eigenvalue weighted by molar-refractivity contribution is 0.103. The van der Waals surface area contributed by atoms with Crippen LogP contribution in [0.3, 0.4) is 0 Å². The molecule has 0 bridgehead atoms. The van der Waals surface area contributed by atoms with E-state index in [0.717, 1.165) is 11.3 Å². The Labute approximate surface area is 191 Å². The summed E-state index contributed by atoms with van der Waals surface area (Å²) in [4.78, 5) is 26.3. The van der Waals surface area contributed by atoms with Gasteiger partial charge in [-0.3, -0.25) is 18.8 Å². The van der Waals surface area contributed by atoms with Gasteiger partial charge in [-0.15, -0.1) is 0 Å². The van der Waals surface area contributed by atoms with Crippen molar-refractivity contribution in [2.75, 3.05) is 11.1 Å². The summed E-state index contributed by atoms with van der Waals surface area (Å²) >= 11 is 12.4. The minimum Gasteiger partial charge on any atom is -0.383 e. The van der Waals surface area contributed by atoms with E-state index in [4.69, 9.17) is 29.6 Å². The van der Waals surface area contributed by atoms with Gasteiger partial charge in [-0.05, 0) is 55.5 Å². The van der Waals surface area contributed by atoms with E-state index in [9.17, 15) is 9.59 Å². The molecule has 0 atom stereocenters. The van der Waals surface area contributed by atoms with Gasteiger partial charge in [0.2, 0.25) is 0 Å². The quantitative estimate of drug-likeness (QED) is 0.427. The zero-order chi connectivity index (χ0) is 22.3. The van der Waals surface area contributed by atoms with Crippen LogP contribution in [0.4, 0.5) is 11.5 Å². The number of para-hydroxylation sites is 1. The van der Waals surface area contributed by atoms with E-state index in [-0.39, 0.29) is 21.9 Å². The number of carbonyl (C=O) groups excluding carboxylic acids is 1. The van der Waals surface area contributed by atoms with Gasteiger partial charge >= 0.3 is 0 Å². The number of halogens is 1. The van der Waals surface area contributed by atoms with Crippen molar-refractivity contribution in [1.82, 2.24) is 13.9 Å². The van der Waals surface area contributed by atoms with Crippen molar-refractivity contribution in [3.8, 4) is 11.4 Å². The van der Waals surface area contributed by atoms with Gasteiger partial charge in [0.1, 0.15) is 16.4 Å². The highest BCUT2D eigenvalue weighted by atomic mass is 35.5. The molecule has 0 aliphatic heterocycles. The summed E-state index contributed by atoms with van der Waals surface area (Å²) in [6, 6.07) is 16.2. The smallest absolute Gasteiger partial charge is 0.295 e. The lowest BCUT2D eigenvalue weighted by atomic mass is 10.3. The number of aromatic nitrogens is 3. The maximum Gasteiger partial charge on any atom is 0.295 e. The van der Waals surface area contributed by atoms with Crippen LogP contribution in [0.5, 0.6) is 0 Å². The fourth-order valence-corrected chi connectivity index (χ4v) is 4.65. The first-order valence-electron chi connectivity index (χ1n) is 9.22. The number of nitrogen functional groups attached to an aromatic ring is 1. The number of hydrogen-bond donors (Lipinski definition) is 2. The summed E-state index contributed by atoms with van der Waals surface area (Å²) in [6.07, 6.45) is 0. The van der Waals surface area contributed by atoms with E-state index < -0.39 is 5.91 Å². The van der Waals surface area contributed by atoms with Crippen LogP contribution in [-0.4, -0.2) is 19.8 Å². The second kappa shape index (κ2) is 8.18. The van der Waals surface area contributed by atoms with Gasteiger partial charge in [0, 0.05) is 17.8 Å². The van der Waals surface area contributed by atoms with Crippen LogP contribution in [-0.2, 0) is 7.05 Å². The molecule has 4 aromatic rings. The first-order chi connectivity index (χ1) is 14.8. The molecule has 2 aromatic heterocycles. The molecular formula is C21H18ClN5O2S2. The number of nitrogens with two attached hydrogens (primary N) is 1. The third-order valence-corrected chi connectivity index (χ3v) is 6.57. The Morgan fingerprint density at radius 2 is 1.74 bits per heavy atom. The van der Waals surface area contributed by atoms with Crippen LogP contribution in [0, 0.1) is 10.9 Å². The predicted molar refractivity (Wildman–Crippen MR) is 128 cm³/mol. The van der Waals surface area contributed by atoms with Crippen molar-refractivity contribution in [3.63, 3.8) is 0 Å². The van der Waals surface area contributed by atoms with Gasteiger partial charge in [0.25, 0.3) is 11.5 Å². The highest BCUT2D eigenvalue weighted by Gasteiger charge is 2.23. The monoisotopic (exact) mass is 471 g/mol. The Morgan fingerprint density at radius 3 is 2.39 bits per heavy atom. The first kappa shape index (κ1) is 21.1. The Kier molecular flexibility index (Phi) is 5.57. The third kappa shape index (κ3) is 3.71. The van der Waals surface area contributed by atoms with Crippen LogP contribution < -0.4 is 16.6 Å². The number of amides is 1. The van der Waals surface area contributed by atoms with Gasteiger partial charge < -0.3 is 11.1 Å². The molecule has 4 rings (SSSR count). The standard InChI is InChI=1S/C21H18ClN5O2S2/c1-12-16(20(29)27(25(12)2)15-6-4-3-5-7-15)24-19(28)17-18(23)26(21(30)31-17)14-10-8-13(22)9-11-14/h3-11H,23H2,1-2H3,(H,24,28). The number of rotatable bonds is 4. The molecule has 158 valence electrons. The van der Waals surface area contributed by atoms with Crippen LogP contribution >= 0.6 is 35.2 Å². The number of hydrogen-bond acceptors (Lipinski definition) is 5. The van der Waals surface area contributed by atoms with Crippen LogP contribution in [0.15, 0.2) is 59.4 Å². The summed E-state index contributed by atoms with van der Waals surface area (Å²) in [6.45, 7) is 1.76. The molecule has 0 spiro atoms. The topological polar surface area (TPSA) is 87.0 Å². The van der Waals surface area contributed by atoms with Crippen molar-refractivity contribution in [3.05, 3.63) is 84.5 Å². The molecule has 10 heteroatoms. The molecule has 3 N–H and O–H groups in total. The van der Waals surface area contributed by atoms with Crippen molar-refractivity contribution >= 4 is 52.6 Å². The summed E-state index contributed by atoms with van der Waals surface area (Å²) in [5.74, 6) is -0.292. The lowest BCUT2D eigenvalue weighted by Gasteiger charge is -2.07. The molecule has 0 aliphatic rings. The number of thiazole rings is 1. The molecule has 2 heterocycles. The normalized spacial score (nSPS) is 10.9. The SMILES string of the molecule is Cc1c(NC(=O)c2sc(=S)n(-c3ccc(Cl)cc3)c2N)c(=O)n(-c2ccccc2)n1C. The molecule has 0 unspecified atom stereocenters. The molecule has 1 amide bonds. The van der Waals surface area contributed by atoms with E-state index >= 15 is 0 Å². The molecule has 0 radical (unpaired) electrons. The highest BCUT2D eigenvalue weighted by Crippen LogP contribution is 2.28. The molecule has 7 nitrogen and oxygen atoms in total. The van der Waals surface area contributed by atoms with Crippen LogP contribution in [0.2, 0.25) is 5.02 Å². The van der Waals surface area contributed by atoms with Gasteiger partial charge in [-0.25, -0.2) is 4.68 Å². The number of nitrogens with zero attached hydrogens (tertiary/aromatic N) is 3. The fraction of sp³-hybridized carbons (Fsp3) is 0.0952. The first-order valence-corrected chi connectivity index (χ1v) is 10.8. The summed E-state index contributed by atoms with van der Waals surface area (Å²) in [5.41, 5.74) is 8.12. The number of nitrogens with one attached hydrogen (secondary N) is 1. The highest BCUT2D eigenvalue weighted by molar-refractivity contribution is 7.73. The predicted octanol–water partition coefficient (Wildman–Crippen LogP) is 4.55. The maximum atomic E-state index is 13.0. The molecule has 0 saturated carbocycles. The van der Waals surface area contributed by atoms with E-state index in [1.54, 1.807) is 47.5 Å².